The van der Waals surface area contributed by atoms with Crippen LogP contribution in [0.3, 0.4) is 0 Å². The van der Waals surface area contributed by atoms with Crippen LogP contribution in [0.25, 0.3) is 0 Å². The lowest BCUT2D eigenvalue weighted by Gasteiger charge is -2.18. The Labute approximate surface area is 144 Å². The van der Waals surface area contributed by atoms with Gasteiger partial charge >= 0.3 is 0 Å². The van der Waals surface area contributed by atoms with Crippen LogP contribution < -0.4 is 15.4 Å². The Morgan fingerprint density at radius 3 is 2.71 bits per heavy atom. The normalized spacial score (nSPS) is 14.0. The molecule has 0 saturated heterocycles. The van der Waals surface area contributed by atoms with Crippen molar-refractivity contribution >= 4 is 21.6 Å². The molecule has 1 aliphatic heterocycles. The third-order valence-electron chi connectivity index (χ3n) is 4.24. The number of amides is 1. The Bertz CT molecular complexity index is 674. The molecule has 0 radical (unpaired) electrons. The number of hydrogen-bond acceptors (Lipinski definition) is 4. The molecule has 0 bridgehead atoms. The number of nitrogens with two attached hydrogens (primary N) is 1. The van der Waals surface area contributed by atoms with Gasteiger partial charge in [-0.2, -0.15) is 0 Å². The summed E-state index contributed by atoms with van der Waals surface area (Å²) in [5.41, 5.74) is 7.23. The number of sulfonamides is 1. The fraction of sp³-hybridized carbons (Fsp3) is 0.588. The molecule has 1 amide bonds. The molecule has 0 unspecified atom stereocenters. The number of anilines is 1. The summed E-state index contributed by atoms with van der Waals surface area (Å²) in [6.07, 6.45) is 5.15. The van der Waals surface area contributed by atoms with Gasteiger partial charge in [-0.05, 0) is 43.5 Å². The summed E-state index contributed by atoms with van der Waals surface area (Å²) in [6.45, 7) is 3.40. The summed E-state index contributed by atoms with van der Waals surface area (Å²) in [6, 6.07) is 5.04. The van der Waals surface area contributed by atoms with Gasteiger partial charge in [0.1, 0.15) is 0 Å². The van der Waals surface area contributed by atoms with Crippen molar-refractivity contribution in [2.24, 2.45) is 5.73 Å². The topological polar surface area (TPSA) is 92.5 Å². The van der Waals surface area contributed by atoms with Crippen molar-refractivity contribution in [2.75, 3.05) is 24.5 Å². The molecule has 1 aliphatic rings. The van der Waals surface area contributed by atoms with E-state index >= 15 is 0 Å². The predicted molar refractivity (Wildman–Crippen MR) is 95.5 cm³/mol. The summed E-state index contributed by atoms with van der Waals surface area (Å²) < 4.78 is 26.8. The van der Waals surface area contributed by atoms with Crippen molar-refractivity contribution in [3.63, 3.8) is 0 Å². The van der Waals surface area contributed by atoms with E-state index < -0.39 is 10.0 Å². The van der Waals surface area contributed by atoms with E-state index in [9.17, 15) is 13.2 Å². The second-order valence-corrected chi connectivity index (χ2v) is 7.81. The number of nitrogens with zero attached hydrogens (tertiary/aromatic N) is 1. The van der Waals surface area contributed by atoms with Crippen LogP contribution in [0.4, 0.5) is 5.69 Å². The number of carbonyl (C=O) groups excluding carboxylic acids is 1. The second-order valence-electron chi connectivity index (χ2n) is 6.04. The largest absolute Gasteiger partial charge is 0.330 e. The van der Waals surface area contributed by atoms with Gasteiger partial charge in [-0.1, -0.05) is 25.8 Å². The highest BCUT2D eigenvalue weighted by Crippen LogP contribution is 2.31. The van der Waals surface area contributed by atoms with E-state index in [2.05, 4.69) is 4.72 Å². The molecule has 1 aromatic carbocycles. The number of carbonyl (C=O) groups is 1. The lowest BCUT2D eigenvalue weighted by Crippen LogP contribution is -2.29. The second kappa shape index (κ2) is 8.60. The molecule has 3 N–H and O–H groups in total. The van der Waals surface area contributed by atoms with Gasteiger partial charge in [0, 0.05) is 25.2 Å². The van der Waals surface area contributed by atoms with Crippen molar-refractivity contribution in [2.45, 2.75) is 50.3 Å². The molecule has 0 saturated carbocycles. The lowest BCUT2D eigenvalue weighted by molar-refractivity contribution is -0.118. The number of benzene rings is 1. The highest BCUT2D eigenvalue weighted by Gasteiger charge is 2.26. The Balaban J connectivity index is 2.06. The van der Waals surface area contributed by atoms with Crippen LogP contribution in [0.15, 0.2) is 23.1 Å². The Hall–Kier alpha value is -1.44. The van der Waals surface area contributed by atoms with Gasteiger partial charge in [-0.3, -0.25) is 4.79 Å². The van der Waals surface area contributed by atoms with Gasteiger partial charge in [-0.15, -0.1) is 0 Å². The minimum absolute atomic E-state index is 0.0690. The zero-order valence-electron chi connectivity index (χ0n) is 14.3. The standard InChI is InChI=1S/C17H27N3O3S/c1-2-19-24(22,23)15-9-8-14-10-12-20(16(14)13-15)17(21)7-5-3-4-6-11-18/h8-9,13,19H,2-7,10-12,18H2,1H3. The maximum absolute atomic E-state index is 12.5. The molecule has 2 rings (SSSR count). The van der Waals surface area contributed by atoms with Crippen LogP contribution in [0.2, 0.25) is 0 Å². The van der Waals surface area contributed by atoms with Crippen LogP contribution in [0.1, 0.15) is 44.6 Å². The minimum Gasteiger partial charge on any atom is -0.330 e. The van der Waals surface area contributed by atoms with Crippen molar-refractivity contribution in [3.05, 3.63) is 23.8 Å². The summed E-state index contributed by atoms with van der Waals surface area (Å²) in [4.78, 5) is 14.4. The average Bonchev–Trinajstić information content (AvgIpc) is 2.97. The Morgan fingerprint density at radius 1 is 1.25 bits per heavy atom. The van der Waals surface area contributed by atoms with E-state index in [1.807, 2.05) is 6.07 Å². The summed E-state index contributed by atoms with van der Waals surface area (Å²) in [5, 5.41) is 0. The van der Waals surface area contributed by atoms with Crippen LogP contribution in [-0.2, 0) is 21.2 Å². The SMILES string of the molecule is CCNS(=O)(=O)c1ccc2c(c1)N(C(=O)CCCCCCN)CC2. The van der Waals surface area contributed by atoms with Crippen LogP contribution in [0, 0.1) is 0 Å². The van der Waals surface area contributed by atoms with Crippen LogP contribution >= 0.6 is 0 Å². The van der Waals surface area contributed by atoms with Gasteiger partial charge in [0.05, 0.1) is 4.90 Å². The van der Waals surface area contributed by atoms with E-state index in [1.54, 1.807) is 24.0 Å². The Morgan fingerprint density at radius 2 is 2.00 bits per heavy atom. The fourth-order valence-electron chi connectivity index (χ4n) is 2.97. The van der Waals surface area contributed by atoms with Crippen LogP contribution in [0.5, 0.6) is 0 Å². The molecular weight excluding hydrogens is 326 g/mol. The molecular formula is C17H27N3O3S. The average molecular weight is 353 g/mol. The van der Waals surface area contributed by atoms with Crippen molar-refractivity contribution < 1.29 is 13.2 Å². The van der Waals surface area contributed by atoms with E-state index in [-0.39, 0.29) is 10.8 Å². The fourth-order valence-corrected chi connectivity index (χ4v) is 4.03. The number of rotatable bonds is 9. The summed E-state index contributed by atoms with van der Waals surface area (Å²) >= 11 is 0. The first-order valence-corrected chi connectivity index (χ1v) is 10.1. The molecule has 6 nitrogen and oxygen atoms in total. The zero-order valence-corrected chi connectivity index (χ0v) is 15.1. The Kier molecular flexibility index (Phi) is 6.77. The monoisotopic (exact) mass is 353 g/mol. The molecule has 134 valence electrons. The summed E-state index contributed by atoms with van der Waals surface area (Å²) in [7, 11) is -3.51. The first-order chi connectivity index (χ1) is 11.5. The van der Waals surface area contributed by atoms with Gasteiger partial charge in [0.15, 0.2) is 0 Å². The van der Waals surface area contributed by atoms with E-state index in [1.165, 1.54) is 0 Å². The number of nitrogens with one attached hydrogen (secondary N) is 1. The molecule has 0 spiro atoms. The van der Waals surface area contributed by atoms with E-state index in [0.717, 1.165) is 43.4 Å². The van der Waals surface area contributed by atoms with Crippen molar-refractivity contribution in [3.8, 4) is 0 Å². The van der Waals surface area contributed by atoms with Gasteiger partial charge < -0.3 is 10.6 Å². The van der Waals surface area contributed by atoms with Gasteiger partial charge in [0.25, 0.3) is 0 Å². The van der Waals surface area contributed by atoms with Crippen LogP contribution in [-0.4, -0.2) is 34.0 Å². The van der Waals surface area contributed by atoms with Crippen molar-refractivity contribution in [1.29, 1.82) is 0 Å². The minimum atomic E-state index is -3.51. The molecule has 7 heteroatoms. The molecule has 1 aromatic rings. The zero-order chi connectivity index (χ0) is 17.6. The maximum Gasteiger partial charge on any atom is 0.240 e. The lowest BCUT2D eigenvalue weighted by atomic mass is 10.1. The molecule has 0 fully saturated rings. The van der Waals surface area contributed by atoms with Gasteiger partial charge in [-0.25, -0.2) is 13.1 Å². The van der Waals surface area contributed by atoms with E-state index in [4.69, 9.17) is 5.73 Å². The van der Waals surface area contributed by atoms with Gasteiger partial charge in [0.2, 0.25) is 15.9 Å². The van der Waals surface area contributed by atoms with Crippen molar-refractivity contribution in [1.82, 2.24) is 4.72 Å². The first-order valence-electron chi connectivity index (χ1n) is 8.62. The molecule has 24 heavy (non-hydrogen) atoms. The molecule has 1 heterocycles. The maximum atomic E-state index is 12.5. The highest BCUT2D eigenvalue weighted by molar-refractivity contribution is 7.89. The number of unbranched alkanes of at least 4 members (excludes halogenated alkanes) is 3. The highest BCUT2D eigenvalue weighted by atomic mass is 32.2. The van der Waals surface area contributed by atoms with E-state index in [0.29, 0.717) is 26.1 Å². The first kappa shape index (κ1) is 18.9. The number of fused-ring (bicyclic) bond motifs is 1. The quantitative estimate of drug-likeness (QED) is 0.662. The third kappa shape index (κ3) is 4.55. The summed E-state index contributed by atoms with van der Waals surface area (Å²) in [5.74, 6) is 0.0690. The third-order valence-corrected chi connectivity index (χ3v) is 5.79. The molecule has 0 atom stereocenters. The predicted octanol–water partition coefficient (Wildman–Crippen LogP) is 1.78. The number of hydrogen-bond donors (Lipinski definition) is 2. The molecule has 0 aromatic heterocycles. The molecule has 0 aliphatic carbocycles. The smallest absolute Gasteiger partial charge is 0.240 e.